The molecule has 37 heavy (non-hydrogen) atoms. The van der Waals surface area contributed by atoms with Crippen LogP contribution < -0.4 is 15.8 Å². The van der Waals surface area contributed by atoms with E-state index in [1.807, 2.05) is 13.0 Å². The van der Waals surface area contributed by atoms with Gasteiger partial charge >= 0.3 is 0 Å². The van der Waals surface area contributed by atoms with E-state index in [2.05, 4.69) is 15.3 Å². The van der Waals surface area contributed by atoms with Gasteiger partial charge in [0.2, 0.25) is 10.0 Å². The number of aryl methyl sites for hydroxylation is 1. The maximum atomic E-state index is 13.1. The standard InChI is InChI=1S/C25H29N5O6S/c1-17-4-3-5-20-23(17)36-15-14-35-13-12-34-11-10-30(2)37(32,33)19-8-6-18(7-9-19)21-16-27-24(26)22(28-21)25(31)29-20/h3-9,16H,10-15H2,1-2H3,(H2,26,27)(H,29,31). The Morgan fingerprint density at radius 1 is 1.00 bits per heavy atom. The van der Waals surface area contributed by atoms with Crippen LogP contribution in [0.4, 0.5) is 11.5 Å². The zero-order chi connectivity index (χ0) is 26.4. The first-order valence-corrected chi connectivity index (χ1v) is 13.1. The number of carbonyl (C=O) groups is 1. The Hall–Kier alpha value is -3.58. The van der Waals surface area contributed by atoms with Crippen molar-refractivity contribution in [3.05, 3.63) is 59.9 Å². The molecule has 12 heteroatoms. The molecule has 3 N–H and O–H groups in total. The van der Waals surface area contributed by atoms with Crippen LogP contribution in [-0.2, 0) is 19.5 Å². The molecule has 0 aliphatic carbocycles. The lowest BCUT2D eigenvalue weighted by molar-refractivity contribution is 0.0347. The number of anilines is 2. The van der Waals surface area contributed by atoms with E-state index < -0.39 is 15.9 Å². The Kier molecular flexibility index (Phi) is 8.34. The molecule has 2 aromatic carbocycles. The van der Waals surface area contributed by atoms with Crippen molar-refractivity contribution < 1.29 is 27.4 Å². The number of likely N-dealkylation sites (N-methyl/N-ethyl adjacent to an activating group) is 1. The summed E-state index contributed by atoms with van der Waals surface area (Å²) in [5.41, 5.74) is 8.15. The molecule has 2 aliphatic heterocycles. The molecule has 2 aliphatic rings. The molecule has 4 bridgehead atoms. The zero-order valence-corrected chi connectivity index (χ0v) is 21.5. The predicted molar refractivity (Wildman–Crippen MR) is 138 cm³/mol. The average Bonchev–Trinajstić information content (AvgIpc) is 2.88. The molecule has 1 amide bonds. The number of hydrogen-bond acceptors (Lipinski definition) is 9. The zero-order valence-electron chi connectivity index (χ0n) is 20.6. The quantitative estimate of drug-likeness (QED) is 0.421. The molecule has 3 aromatic rings. The summed E-state index contributed by atoms with van der Waals surface area (Å²) < 4.78 is 44.0. The molecule has 11 nitrogen and oxygen atoms in total. The van der Waals surface area contributed by atoms with Gasteiger partial charge in [-0.2, -0.15) is 4.31 Å². The maximum Gasteiger partial charge on any atom is 0.278 e. The van der Waals surface area contributed by atoms with Gasteiger partial charge in [-0.05, 0) is 30.7 Å². The van der Waals surface area contributed by atoms with E-state index in [1.54, 1.807) is 24.3 Å². The molecule has 196 valence electrons. The van der Waals surface area contributed by atoms with Crippen molar-refractivity contribution >= 4 is 27.4 Å². The fourth-order valence-electron chi connectivity index (χ4n) is 3.64. The largest absolute Gasteiger partial charge is 0.489 e. The highest BCUT2D eigenvalue weighted by atomic mass is 32.2. The van der Waals surface area contributed by atoms with Crippen LogP contribution in [0.5, 0.6) is 5.75 Å². The van der Waals surface area contributed by atoms with Gasteiger partial charge in [0.1, 0.15) is 12.4 Å². The fourth-order valence-corrected chi connectivity index (χ4v) is 4.80. The minimum atomic E-state index is -3.71. The van der Waals surface area contributed by atoms with Gasteiger partial charge in [0, 0.05) is 19.2 Å². The van der Waals surface area contributed by atoms with Crippen molar-refractivity contribution in [2.75, 3.05) is 57.7 Å². The molecule has 0 atom stereocenters. The second kappa shape index (κ2) is 11.6. The van der Waals surface area contributed by atoms with E-state index in [0.717, 1.165) is 5.56 Å². The fraction of sp³-hybridized carbons (Fsp3) is 0.320. The third-order valence-electron chi connectivity index (χ3n) is 5.73. The Morgan fingerprint density at radius 2 is 1.70 bits per heavy atom. The SMILES string of the molecule is Cc1cccc2c1OCCOCCOCCN(C)S(=O)(=O)c1ccc(cc1)-c1cnc(N)c(n1)C(=O)N2. The van der Waals surface area contributed by atoms with Crippen molar-refractivity contribution in [2.45, 2.75) is 11.8 Å². The molecule has 0 fully saturated rings. The summed E-state index contributed by atoms with van der Waals surface area (Å²) in [5.74, 6) is -0.0821. The third kappa shape index (κ3) is 6.23. The Morgan fingerprint density at radius 3 is 2.46 bits per heavy atom. The number of para-hydroxylation sites is 1. The highest BCUT2D eigenvalue weighted by molar-refractivity contribution is 7.89. The third-order valence-corrected chi connectivity index (χ3v) is 7.60. The number of hydrogen-bond donors (Lipinski definition) is 2. The summed E-state index contributed by atoms with van der Waals surface area (Å²) in [7, 11) is -2.22. The van der Waals surface area contributed by atoms with Crippen LogP contribution in [0.15, 0.2) is 53.6 Å². The summed E-state index contributed by atoms with van der Waals surface area (Å²) in [6.45, 7) is 3.48. The van der Waals surface area contributed by atoms with Gasteiger partial charge in [0.05, 0.1) is 48.9 Å². The number of nitrogens with zero attached hydrogens (tertiary/aromatic N) is 3. The van der Waals surface area contributed by atoms with Crippen molar-refractivity contribution in [1.82, 2.24) is 14.3 Å². The highest BCUT2D eigenvalue weighted by Crippen LogP contribution is 2.29. The number of nitrogens with one attached hydrogen (secondary N) is 1. The Balaban J connectivity index is 1.67. The van der Waals surface area contributed by atoms with Crippen LogP contribution >= 0.6 is 0 Å². The maximum absolute atomic E-state index is 13.1. The van der Waals surface area contributed by atoms with Gasteiger partial charge in [-0.25, -0.2) is 18.4 Å². The van der Waals surface area contributed by atoms with Crippen molar-refractivity contribution in [3.8, 4) is 17.0 Å². The predicted octanol–water partition coefficient (Wildman–Crippen LogP) is 2.33. The Bertz CT molecular complexity index is 1360. The number of sulfonamides is 1. The van der Waals surface area contributed by atoms with E-state index in [9.17, 15) is 13.2 Å². The molecular weight excluding hydrogens is 498 g/mol. The number of nitrogen functional groups attached to an aromatic ring is 1. The monoisotopic (exact) mass is 527 g/mol. The lowest BCUT2D eigenvalue weighted by Crippen LogP contribution is -2.30. The molecule has 0 saturated heterocycles. The van der Waals surface area contributed by atoms with Crippen LogP contribution in [0.25, 0.3) is 11.3 Å². The minimum absolute atomic E-state index is 0.0396. The summed E-state index contributed by atoms with van der Waals surface area (Å²) in [4.78, 5) is 21.8. The van der Waals surface area contributed by atoms with Crippen LogP contribution in [0.2, 0.25) is 0 Å². The number of aromatic nitrogens is 2. The minimum Gasteiger partial charge on any atom is -0.489 e. The number of amides is 1. The number of carbonyl (C=O) groups excluding carboxylic acids is 1. The second-order valence-corrected chi connectivity index (χ2v) is 10.4. The van der Waals surface area contributed by atoms with Gasteiger partial charge in [0.15, 0.2) is 11.5 Å². The molecule has 1 aromatic heterocycles. The smallest absolute Gasteiger partial charge is 0.278 e. The molecule has 0 radical (unpaired) electrons. The summed E-state index contributed by atoms with van der Waals surface area (Å²) >= 11 is 0. The van der Waals surface area contributed by atoms with Crippen LogP contribution in [0.1, 0.15) is 16.1 Å². The molecule has 5 rings (SSSR count). The number of ether oxygens (including phenoxy) is 3. The van der Waals surface area contributed by atoms with E-state index in [0.29, 0.717) is 42.5 Å². The average molecular weight is 528 g/mol. The van der Waals surface area contributed by atoms with Crippen molar-refractivity contribution in [1.29, 1.82) is 0 Å². The number of fused-ring (bicyclic) bond motifs is 13. The first kappa shape index (κ1) is 26.5. The van der Waals surface area contributed by atoms with Crippen LogP contribution in [0, 0.1) is 6.92 Å². The lowest BCUT2D eigenvalue weighted by Gasteiger charge is -2.18. The van der Waals surface area contributed by atoms with Crippen molar-refractivity contribution in [2.24, 2.45) is 0 Å². The van der Waals surface area contributed by atoms with E-state index in [1.165, 1.54) is 29.7 Å². The first-order valence-electron chi connectivity index (χ1n) is 11.7. The molecule has 0 spiro atoms. The van der Waals surface area contributed by atoms with Gasteiger partial charge in [-0.15, -0.1) is 0 Å². The normalized spacial score (nSPS) is 17.5. The molecule has 0 unspecified atom stereocenters. The van der Waals surface area contributed by atoms with Gasteiger partial charge < -0.3 is 25.3 Å². The number of benzene rings is 2. The summed E-state index contributed by atoms with van der Waals surface area (Å²) in [6.07, 6.45) is 1.43. The van der Waals surface area contributed by atoms with E-state index >= 15 is 0 Å². The van der Waals surface area contributed by atoms with Crippen LogP contribution in [-0.4, -0.2) is 75.2 Å². The molecule has 0 saturated carbocycles. The molecular formula is C25H29N5O6S. The number of nitrogens with two attached hydrogens (primary N) is 1. The highest BCUT2D eigenvalue weighted by Gasteiger charge is 2.22. The van der Waals surface area contributed by atoms with E-state index in [4.69, 9.17) is 19.9 Å². The van der Waals surface area contributed by atoms with Gasteiger partial charge in [0.25, 0.3) is 5.91 Å². The lowest BCUT2D eigenvalue weighted by atomic mass is 10.1. The molecule has 3 heterocycles. The Labute approximate surface area is 215 Å². The second-order valence-electron chi connectivity index (χ2n) is 8.32. The topological polar surface area (TPSA) is 146 Å². The van der Waals surface area contributed by atoms with Gasteiger partial charge in [-0.1, -0.05) is 24.3 Å². The van der Waals surface area contributed by atoms with E-state index in [-0.39, 0.29) is 36.2 Å². The summed E-state index contributed by atoms with van der Waals surface area (Å²) in [5, 5.41) is 2.81. The van der Waals surface area contributed by atoms with Gasteiger partial charge in [-0.3, -0.25) is 4.79 Å². The number of rotatable bonds is 0. The van der Waals surface area contributed by atoms with Crippen LogP contribution in [0.3, 0.4) is 0 Å². The first-order chi connectivity index (χ1) is 17.8. The van der Waals surface area contributed by atoms with Crippen molar-refractivity contribution in [3.63, 3.8) is 0 Å². The summed E-state index contributed by atoms with van der Waals surface area (Å²) in [6, 6.07) is 11.6.